The Bertz CT molecular complexity index is 802. The Balaban J connectivity index is 0.00000182. The van der Waals surface area contributed by atoms with Crippen LogP contribution in [0.5, 0.6) is 0 Å². The Morgan fingerprint density at radius 2 is 2.08 bits per heavy atom. The number of fused-ring (bicyclic) bond motifs is 1. The fraction of sp³-hybridized carbons (Fsp3) is 0.500. The summed E-state index contributed by atoms with van der Waals surface area (Å²) < 4.78 is 16.6. The Labute approximate surface area is 163 Å². The summed E-state index contributed by atoms with van der Waals surface area (Å²) in [5, 5.41) is 8.66. The zero-order valence-electron chi connectivity index (χ0n) is 14.5. The van der Waals surface area contributed by atoms with E-state index >= 15 is 0 Å². The summed E-state index contributed by atoms with van der Waals surface area (Å²) in [5.41, 5.74) is 2.97. The molecule has 4 rings (SSSR count). The third-order valence-corrected chi connectivity index (χ3v) is 6.44. The van der Waals surface area contributed by atoms with Crippen LogP contribution < -0.4 is 5.32 Å². The summed E-state index contributed by atoms with van der Waals surface area (Å²) in [6, 6.07) is 5.01. The van der Waals surface area contributed by atoms with E-state index in [0.29, 0.717) is 16.5 Å². The van der Waals surface area contributed by atoms with Crippen molar-refractivity contribution < 1.29 is 4.39 Å². The summed E-state index contributed by atoms with van der Waals surface area (Å²) in [6.07, 6.45) is 2.35. The number of nitrogens with zero attached hydrogens (tertiary/aromatic N) is 2. The lowest BCUT2D eigenvalue weighted by molar-refractivity contribution is 0.612. The number of aryl methyl sites for hydroxylation is 1. The van der Waals surface area contributed by atoms with Gasteiger partial charge in [0.1, 0.15) is 11.6 Å². The van der Waals surface area contributed by atoms with Gasteiger partial charge in [0.2, 0.25) is 0 Å². The molecule has 1 aliphatic heterocycles. The number of nitrogens with one attached hydrogen (secondary N) is 1. The third kappa shape index (κ3) is 3.51. The van der Waals surface area contributed by atoms with Crippen molar-refractivity contribution in [2.45, 2.75) is 42.6 Å². The molecule has 136 valence electrons. The van der Waals surface area contributed by atoms with Crippen LogP contribution in [0.2, 0.25) is 5.02 Å². The molecule has 1 saturated carbocycles. The van der Waals surface area contributed by atoms with E-state index in [1.54, 1.807) is 17.8 Å². The van der Waals surface area contributed by atoms with Crippen molar-refractivity contribution in [3.63, 3.8) is 0 Å². The Morgan fingerprint density at radius 3 is 2.72 bits per heavy atom. The number of anilines is 1. The topological polar surface area (TPSA) is 29.9 Å². The van der Waals surface area contributed by atoms with Crippen molar-refractivity contribution in [1.82, 2.24) is 9.78 Å². The van der Waals surface area contributed by atoms with Crippen LogP contribution in [-0.2, 0) is 7.05 Å². The van der Waals surface area contributed by atoms with E-state index in [0.717, 1.165) is 23.6 Å². The molecule has 2 heterocycles. The number of halogens is 3. The molecular weight excluding hydrogens is 380 g/mol. The molecule has 1 N–H and O–H groups in total. The summed E-state index contributed by atoms with van der Waals surface area (Å²) in [5.74, 6) is 1.30. The van der Waals surface area contributed by atoms with E-state index in [2.05, 4.69) is 19.2 Å². The third-order valence-electron chi connectivity index (χ3n) is 4.70. The van der Waals surface area contributed by atoms with Crippen LogP contribution in [0.3, 0.4) is 0 Å². The lowest BCUT2D eigenvalue weighted by atomic mass is 10.0. The highest BCUT2D eigenvalue weighted by Gasteiger charge is 2.40. The number of hydrogen-bond acceptors (Lipinski definition) is 3. The first-order valence-corrected chi connectivity index (χ1v) is 9.55. The van der Waals surface area contributed by atoms with Crippen LogP contribution in [-0.4, -0.2) is 21.1 Å². The van der Waals surface area contributed by atoms with Crippen molar-refractivity contribution in [1.29, 1.82) is 0 Å². The van der Waals surface area contributed by atoms with Gasteiger partial charge in [-0.1, -0.05) is 17.7 Å². The van der Waals surface area contributed by atoms with Crippen molar-refractivity contribution in [2.24, 2.45) is 7.05 Å². The average molecular weight is 402 g/mol. The van der Waals surface area contributed by atoms with Gasteiger partial charge in [0.15, 0.2) is 0 Å². The molecule has 2 aliphatic rings. The highest BCUT2D eigenvalue weighted by atomic mass is 35.5. The van der Waals surface area contributed by atoms with E-state index in [1.807, 2.05) is 17.8 Å². The van der Waals surface area contributed by atoms with Gasteiger partial charge >= 0.3 is 0 Å². The van der Waals surface area contributed by atoms with Gasteiger partial charge in [0.05, 0.1) is 10.9 Å². The molecule has 0 radical (unpaired) electrons. The molecule has 1 aromatic heterocycles. The van der Waals surface area contributed by atoms with E-state index < -0.39 is 0 Å². The van der Waals surface area contributed by atoms with Crippen LogP contribution in [0.25, 0.3) is 0 Å². The van der Waals surface area contributed by atoms with Gasteiger partial charge in [-0.25, -0.2) is 4.39 Å². The second kappa shape index (κ2) is 6.67. The molecule has 1 aromatic carbocycles. The first-order chi connectivity index (χ1) is 11.4. The number of thioether (sulfide) groups is 1. The van der Waals surface area contributed by atoms with E-state index in [4.69, 9.17) is 16.7 Å². The predicted molar refractivity (Wildman–Crippen MR) is 106 cm³/mol. The molecule has 1 fully saturated rings. The van der Waals surface area contributed by atoms with Gasteiger partial charge in [-0.15, -0.1) is 24.2 Å². The number of rotatable bonds is 2. The Hall–Kier alpha value is -0.910. The zero-order valence-corrected chi connectivity index (χ0v) is 16.9. The van der Waals surface area contributed by atoms with Crippen molar-refractivity contribution in [2.75, 3.05) is 11.9 Å². The molecule has 0 saturated heterocycles. The molecular formula is C18H22Cl2FN3S. The zero-order chi connectivity index (χ0) is 17.1. The predicted octanol–water partition coefficient (Wildman–Crippen LogP) is 5.54. The molecule has 3 nitrogen and oxygen atoms in total. The molecule has 0 bridgehead atoms. The molecule has 0 spiro atoms. The van der Waals surface area contributed by atoms with Crippen LogP contribution in [0.1, 0.15) is 54.7 Å². The van der Waals surface area contributed by atoms with Gasteiger partial charge in [-0.05, 0) is 38.8 Å². The largest absolute Gasteiger partial charge is 0.369 e. The van der Waals surface area contributed by atoms with Gasteiger partial charge in [0.25, 0.3) is 0 Å². The lowest BCUT2D eigenvalue weighted by Gasteiger charge is -2.27. The Kier molecular flexibility index (Phi) is 5.04. The maximum atomic E-state index is 14.7. The van der Waals surface area contributed by atoms with Crippen LogP contribution >= 0.6 is 35.8 Å². The number of hydrogen-bond donors (Lipinski definition) is 1. The maximum Gasteiger partial charge on any atom is 0.129 e. The van der Waals surface area contributed by atoms with Crippen molar-refractivity contribution in [3.05, 3.63) is 45.9 Å². The van der Waals surface area contributed by atoms with Crippen LogP contribution in [0, 0.1) is 5.82 Å². The molecule has 1 unspecified atom stereocenters. The quantitative estimate of drug-likeness (QED) is 0.716. The van der Waals surface area contributed by atoms with Gasteiger partial charge in [0, 0.05) is 40.4 Å². The minimum absolute atomic E-state index is 0. The first-order valence-electron chi connectivity index (χ1n) is 8.29. The molecule has 1 atom stereocenters. The first kappa shape index (κ1) is 18.9. The lowest BCUT2D eigenvalue weighted by Crippen LogP contribution is -2.26. The van der Waals surface area contributed by atoms with Crippen molar-refractivity contribution in [3.8, 4) is 0 Å². The van der Waals surface area contributed by atoms with E-state index in [9.17, 15) is 4.39 Å². The molecule has 0 amide bonds. The van der Waals surface area contributed by atoms with Crippen LogP contribution in [0.4, 0.5) is 10.2 Å². The fourth-order valence-electron chi connectivity index (χ4n) is 3.34. The Morgan fingerprint density at radius 1 is 1.36 bits per heavy atom. The molecule has 25 heavy (non-hydrogen) atoms. The van der Waals surface area contributed by atoms with Gasteiger partial charge in [-0.2, -0.15) is 5.10 Å². The maximum absolute atomic E-state index is 14.7. The highest BCUT2D eigenvalue weighted by molar-refractivity contribution is 8.01. The molecule has 1 aliphatic carbocycles. The minimum Gasteiger partial charge on any atom is -0.369 e. The average Bonchev–Trinajstić information content (AvgIpc) is 3.29. The summed E-state index contributed by atoms with van der Waals surface area (Å²) in [6.45, 7) is 5.21. The van der Waals surface area contributed by atoms with Gasteiger partial charge in [-0.3, -0.25) is 4.68 Å². The smallest absolute Gasteiger partial charge is 0.129 e. The van der Waals surface area contributed by atoms with E-state index in [-0.39, 0.29) is 28.2 Å². The molecule has 7 heteroatoms. The van der Waals surface area contributed by atoms with Crippen molar-refractivity contribution >= 4 is 41.6 Å². The SMILES string of the molecule is Cl.Cn1nc(C2CC2)c2c1NCC(C)(C)SC2c1ccc(Cl)cc1F. The summed E-state index contributed by atoms with van der Waals surface area (Å²) in [4.78, 5) is 0. The standard InChI is InChI=1S/C18H21ClFN3S.ClH/c1-18(2)9-21-17-14(15(10-4-5-10)22-23(17)3)16(24-18)12-7-6-11(19)8-13(12)20;/h6-8,10,16,21H,4-5,9H2,1-3H3;1H. The fourth-order valence-corrected chi connectivity index (χ4v) is 4.96. The second-order valence-corrected chi connectivity index (χ2v) is 9.57. The highest BCUT2D eigenvalue weighted by Crippen LogP contribution is 2.53. The summed E-state index contributed by atoms with van der Waals surface area (Å²) in [7, 11) is 1.97. The number of aromatic nitrogens is 2. The second-order valence-electron chi connectivity index (χ2n) is 7.32. The van der Waals surface area contributed by atoms with Gasteiger partial charge < -0.3 is 5.32 Å². The molecule has 2 aromatic rings. The number of benzene rings is 1. The van der Waals surface area contributed by atoms with Crippen LogP contribution in [0.15, 0.2) is 18.2 Å². The van der Waals surface area contributed by atoms with E-state index in [1.165, 1.54) is 18.9 Å². The summed E-state index contributed by atoms with van der Waals surface area (Å²) >= 11 is 7.76. The monoisotopic (exact) mass is 401 g/mol. The normalized spacial score (nSPS) is 21.7. The minimum atomic E-state index is -0.241.